The van der Waals surface area contributed by atoms with Crippen molar-refractivity contribution in [2.24, 2.45) is 5.16 Å². The van der Waals surface area contributed by atoms with Crippen molar-refractivity contribution in [3.8, 4) is 11.9 Å². The second-order valence-electron chi connectivity index (χ2n) is 9.99. The Bertz CT molecular complexity index is 1240. The molecule has 1 aliphatic rings. The molecule has 0 unspecified atom stereocenters. The van der Waals surface area contributed by atoms with Crippen LogP contribution in [0.5, 0.6) is 11.9 Å². The molecule has 4 rings (SSSR count). The normalized spacial score (nSPS) is 19.8. The standard InChI is InChI=1S/C26H39N7O4P/c1-9-20-21(36-30-18(2)3)15-22(35-20)33-17-27-23-24(33)28-26(37-38(8,31(4)5)32(6)7)29-25(23)34-16-19-13-11-10-12-14-19/h10-14,17,20-22H,9,15-16H2,1-8H3/q+1/t20-,21-,22-/m1/s1. The number of nitrogens with zero attached hydrogens (tertiary/aromatic N) is 7. The second kappa shape index (κ2) is 11.9. The molecule has 0 radical (unpaired) electrons. The van der Waals surface area contributed by atoms with Crippen molar-refractivity contribution in [1.82, 2.24) is 28.9 Å². The van der Waals surface area contributed by atoms with Crippen LogP contribution in [0.15, 0.2) is 41.8 Å². The molecule has 3 atom stereocenters. The maximum atomic E-state index is 6.48. The number of hydrogen-bond donors (Lipinski definition) is 0. The van der Waals surface area contributed by atoms with E-state index in [0.717, 1.165) is 17.7 Å². The topological polar surface area (TPSA) is 99.4 Å². The van der Waals surface area contributed by atoms with E-state index in [-0.39, 0.29) is 24.4 Å². The first-order valence-electron chi connectivity index (χ1n) is 12.8. The fourth-order valence-electron chi connectivity index (χ4n) is 4.14. The fourth-order valence-corrected chi connectivity index (χ4v) is 5.58. The monoisotopic (exact) mass is 544 g/mol. The third kappa shape index (κ3) is 6.07. The molecule has 206 valence electrons. The van der Waals surface area contributed by atoms with Gasteiger partial charge >= 0.3 is 13.8 Å². The second-order valence-corrected chi connectivity index (χ2v) is 13.4. The molecule has 3 aromatic rings. The van der Waals surface area contributed by atoms with Gasteiger partial charge in [-0.15, -0.1) is 9.34 Å². The van der Waals surface area contributed by atoms with Gasteiger partial charge in [0.1, 0.15) is 19.5 Å². The molecule has 0 bridgehead atoms. The van der Waals surface area contributed by atoms with E-state index >= 15 is 0 Å². The van der Waals surface area contributed by atoms with Gasteiger partial charge in [-0.1, -0.05) is 42.4 Å². The molecule has 11 nitrogen and oxygen atoms in total. The van der Waals surface area contributed by atoms with Crippen molar-refractivity contribution in [3.63, 3.8) is 0 Å². The number of fused-ring (bicyclic) bond motifs is 1. The highest BCUT2D eigenvalue weighted by atomic mass is 31.2. The third-order valence-corrected chi connectivity index (χ3v) is 10.1. The van der Waals surface area contributed by atoms with Crippen LogP contribution in [0.2, 0.25) is 0 Å². The van der Waals surface area contributed by atoms with Crippen LogP contribution in [0, 0.1) is 0 Å². The third-order valence-electron chi connectivity index (χ3n) is 6.59. The highest BCUT2D eigenvalue weighted by molar-refractivity contribution is 7.66. The molecular formula is C26H39N7O4P+. The summed E-state index contributed by atoms with van der Waals surface area (Å²) in [7, 11) is 5.77. The van der Waals surface area contributed by atoms with Crippen molar-refractivity contribution in [3.05, 3.63) is 42.2 Å². The highest BCUT2D eigenvalue weighted by Crippen LogP contribution is 2.58. The van der Waals surface area contributed by atoms with E-state index in [2.05, 4.69) is 38.1 Å². The van der Waals surface area contributed by atoms with Crippen molar-refractivity contribution in [2.75, 3.05) is 34.9 Å². The lowest BCUT2D eigenvalue weighted by Gasteiger charge is -2.29. The Kier molecular flexibility index (Phi) is 8.82. The Balaban J connectivity index is 1.72. The van der Waals surface area contributed by atoms with E-state index in [4.69, 9.17) is 23.8 Å². The van der Waals surface area contributed by atoms with Gasteiger partial charge in [-0.2, -0.15) is 9.97 Å². The van der Waals surface area contributed by atoms with Gasteiger partial charge < -0.3 is 14.3 Å². The molecule has 1 saturated heterocycles. The summed E-state index contributed by atoms with van der Waals surface area (Å²) in [5, 5.41) is 4.18. The molecule has 12 heteroatoms. The average molecular weight is 545 g/mol. The predicted molar refractivity (Wildman–Crippen MR) is 149 cm³/mol. The maximum Gasteiger partial charge on any atom is 0.371 e. The summed E-state index contributed by atoms with van der Waals surface area (Å²) in [5.74, 6) is 0.362. The van der Waals surface area contributed by atoms with Crippen LogP contribution in [0.1, 0.15) is 45.4 Å². The van der Waals surface area contributed by atoms with E-state index < -0.39 is 7.79 Å². The lowest BCUT2D eigenvalue weighted by atomic mass is 10.1. The number of oxime groups is 1. The summed E-state index contributed by atoms with van der Waals surface area (Å²) in [6.07, 6.45) is 2.55. The Morgan fingerprint density at radius 2 is 1.84 bits per heavy atom. The van der Waals surface area contributed by atoms with Gasteiger partial charge in [0.25, 0.3) is 0 Å². The van der Waals surface area contributed by atoms with E-state index in [1.807, 2.05) is 76.9 Å². The van der Waals surface area contributed by atoms with Crippen molar-refractivity contribution >= 4 is 24.7 Å². The molecule has 0 saturated carbocycles. The van der Waals surface area contributed by atoms with Crippen LogP contribution < -0.4 is 9.26 Å². The predicted octanol–water partition coefficient (Wildman–Crippen LogP) is 4.78. The van der Waals surface area contributed by atoms with Crippen LogP contribution in [0.25, 0.3) is 11.2 Å². The highest BCUT2D eigenvalue weighted by Gasteiger charge is 2.44. The Morgan fingerprint density at radius 3 is 2.47 bits per heavy atom. The summed E-state index contributed by atoms with van der Waals surface area (Å²) in [5.41, 5.74) is 3.01. The Labute approximate surface area is 225 Å². The zero-order valence-electron chi connectivity index (χ0n) is 23.5. The fraction of sp³-hybridized carbons (Fsp3) is 0.538. The summed E-state index contributed by atoms with van der Waals surface area (Å²) >= 11 is 0. The molecule has 2 aromatic heterocycles. The van der Waals surface area contributed by atoms with Crippen LogP contribution in [-0.2, 0) is 16.2 Å². The lowest BCUT2D eigenvalue weighted by Crippen LogP contribution is -2.30. The number of aromatic nitrogens is 4. The first-order chi connectivity index (χ1) is 18.1. The van der Waals surface area contributed by atoms with E-state index in [0.29, 0.717) is 30.1 Å². The quantitative estimate of drug-likeness (QED) is 0.192. The minimum absolute atomic E-state index is 0.0939. The minimum Gasteiger partial charge on any atom is -0.471 e. The smallest absolute Gasteiger partial charge is 0.371 e. The van der Waals surface area contributed by atoms with Gasteiger partial charge in [-0.25, -0.2) is 4.98 Å². The molecule has 38 heavy (non-hydrogen) atoms. The number of rotatable bonds is 11. The van der Waals surface area contributed by atoms with Gasteiger partial charge in [-0.05, 0) is 25.8 Å². The first kappa shape index (κ1) is 28.2. The van der Waals surface area contributed by atoms with Gasteiger partial charge in [0.2, 0.25) is 5.88 Å². The van der Waals surface area contributed by atoms with Crippen LogP contribution in [0.4, 0.5) is 0 Å². The van der Waals surface area contributed by atoms with Crippen molar-refractivity contribution in [2.45, 2.75) is 58.7 Å². The lowest BCUT2D eigenvalue weighted by molar-refractivity contribution is -0.0375. The first-order valence-corrected chi connectivity index (χ1v) is 14.8. The van der Waals surface area contributed by atoms with Gasteiger partial charge in [0.05, 0.1) is 18.1 Å². The SMILES string of the molecule is CC[C@H]1O[C@@H](n2cnc3c(OCc4ccccc4)nc(O[P+](C)(N(C)C)N(C)C)nc32)C[C@H]1ON=C(C)C. The Morgan fingerprint density at radius 1 is 1.13 bits per heavy atom. The van der Waals surface area contributed by atoms with Crippen LogP contribution in [0.3, 0.4) is 0 Å². The molecule has 0 aliphatic carbocycles. The number of ether oxygens (including phenoxy) is 2. The molecule has 0 amide bonds. The molecule has 1 aliphatic heterocycles. The molecule has 0 N–H and O–H groups in total. The molecule has 1 aromatic carbocycles. The van der Waals surface area contributed by atoms with Crippen molar-refractivity contribution in [1.29, 1.82) is 0 Å². The number of imidazole rings is 1. The zero-order valence-corrected chi connectivity index (χ0v) is 24.4. The summed E-state index contributed by atoms with van der Waals surface area (Å²) < 4.78 is 25.1. The number of hydrogen-bond acceptors (Lipinski definition) is 10. The Hall–Kier alpha value is -2.85. The molecular weight excluding hydrogens is 505 g/mol. The number of benzene rings is 1. The van der Waals surface area contributed by atoms with E-state index in [1.54, 1.807) is 6.33 Å². The van der Waals surface area contributed by atoms with Crippen molar-refractivity contribution < 1.29 is 18.8 Å². The summed E-state index contributed by atoms with van der Waals surface area (Å²) in [4.78, 5) is 19.9. The van der Waals surface area contributed by atoms with Crippen LogP contribution >= 0.6 is 7.79 Å². The summed E-state index contributed by atoms with van der Waals surface area (Å²) in [6.45, 7) is 8.30. The molecule has 0 spiro atoms. The zero-order chi connectivity index (χ0) is 27.4. The minimum atomic E-state index is -2.18. The largest absolute Gasteiger partial charge is 0.471 e. The van der Waals surface area contributed by atoms with E-state index in [1.165, 1.54) is 0 Å². The average Bonchev–Trinajstić information content (AvgIpc) is 3.50. The molecule has 1 fully saturated rings. The molecule has 3 heterocycles. The van der Waals surface area contributed by atoms with Gasteiger partial charge in [0, 0.05) is 34.6 Å². The summed E-state index contributed by atoms with van der Waals surface area (Å²) in [6, 6.07) is 10.2. The van der Waals surface area contributed by atoms with Crippen LogP contribution in [-0.4, -0.2) is 81.6 Å². The van der Waals surface area contributed by atoms with Gasteiger partial charge in [-0.3, -0.25) is 9.09 Å². The van der Waals surface area contributed by atoms with Gasteiger partial charge in [0.15, 0.2) is 17.3 Å². The maximum absolute atomic E-state index is 6.48. The van der Waals surface area contributed by atoms with E-state index in [9.17, 15) is 0 Å².